The maximum absolute atomic E-state index is 12.7. The van der Waals surface area contributed by atoms with Crippen LogP contribution in [0.2, 0.25) is 0 Å². The Morgan fingerprint density at radius 3 is 2.11 bits per heavy atom. The Kier molecular flexibility index (Phi) is 5.46. The molecule has 0 bridgehead atoms. The van der Waals surface area contributed by atoms with Crippen LogP contribution >= 0.6 is 0 Å². The first-order valence-corrected chi connectivity index (χ1v) is 7.99. The lowest BCUT2D eigenvalue weighted by atomic mass is 9.73. The third-order valence-corrected chi connectivity index (χ3v) is 5.04. The zero-order valence-electron chi connectivity index (χ0n) is 13.7. The molecule has 0 radical (unpaired) electrons. The third-order valence-electron chi connectivity index (χ3n) is 5.04. The molecule has 0 heterocycles. The second kappa shape index (κ2) is 6.28. The first-order chi connectivity index (χ1) is 8.76. The fourth-order valence-corrected chi connectivity index (χ4v) is 3.26. The molecular weight excluding hydrogens is 236 g/mol. The lowest BCUT2D eigenvalue weighted by molar-refractivity contribution is -0.175. The summed E-state index contributed by atoms with van der Waals surface area (Å²) in [6.45, 7) is 12.9. The van der Waals surface area contributed by atoms with Crippen LogP contribution in [0.4, 0.5) is 0 Å². The lowest BCUT2D eigenvalue weighted by Gasteiger charge is -2.37. The molecule has 0 aromatic heterocycles. The normalized spacial score (nSPS) is 21.7. The Hall–Kier alpha value is -0.530. The molecule has 1 fully saturated rings. The minimum absolute atomic E-state index is 0.0277. The summed E-state index contributed by atoms with van der Waals surface area (Å²) in [5.41, 5.74) is -0.511. The summed E-state index contributed by atoms with van der Waals surface area (Å²) in [4.78, 5) is 12.7. The molecule has 1 atom stereocenters. The molecule has 0 spiro atoms. The van der Waals surface area contributed by atoms with Gasteiger partial charge in [-0.15, -0.1) is 0 Å². The summed E-state index contributed by atoms with van der Waals surface area (Å²) in [6.07, 6.45) is 6.35. The molecule has 0 amide bonds. The highest BCUT2D eigenvalue weighted by Gasteiger charge is 2.44. The van der Waals surface area contributed by atoms with E-state index >= 15 is 0 Å². The Bertz CT molecular complexity index is 300. The lowest BCUT2D eigenvalue weighted by Crippen LogP contribution is -2.42. The van der Waals surface area contributed by atoms with Gasteiger partial charge in [0.1, 0.15) is 5.60 Å². The largest absolute Gasteiger partial charge is 0.459 e. The van der Waals surface area contributed by atoms with Crippen LogP contribution in [0.15, 0.2) is 0 Å². The highest BCUT2D eigenvalue weighted by molar-refractivity contribution is 5.77. The minimum atomic E-state index is -0.348. The van der Waals surface area contributed by atoms with Gasteiger partial charge in [-0.3, -0.25) is 4.79 Å². The van der Waals surface area contributed by atoms with Gasteiger partial charge in [-0.25, -0.2) is 0 Å². The Morgan fingerprint density at radius 1 is 1.21 bits per heavy atom. The molecular formula is C17H32O2. The average molecular weight is 268 g/mol. The zero-order valence-corrected chi connectivity index (χ0v) is 13.7. The van der Waals surface area contributed by atoms with Gasteiger partial charge in [0.25, 0.3) is 0 Å². The highest BCUT2D eigenvalue weighted by atomic mass is 16.6. The molecule has 1 unspecified atom stereocenters. The SMILES string of the molecule is CCC1(OC(=O)C(C)(CC(C)C)C(C)C)CCCC1. The molecule has 0 aromatic carbocycles. The van der Waals surface area contributed by atoms with Crippen molar-refractivity contribution >= 4 is 5.97 Å². The number of hydrogen-bond acceptors (Lipinski definition) is 2. The third kappa shape index (κ3) is 3.73. The molecule has 1 rings (SSSR count). The second-order valence-electron chi connectivity index (χ2n) is 7.30. The van der Waals surface area contributed by atoms with E-state index in [1.807, 2.05) is 0 Å². The summed E-state index contributed by atoms with van der Waals surface area (Å²) >= 11 is 0. The molecule has 0 N–H and O–H groups in total. The first kappa shape index (κ1) is 16.5. The quantitative estimate of drug-likeness (QED) is 0.636. The number of esters is 1. The molecule has 0 aromatic rings. The van der Waals surface area contributed by atoms with Crippen LogP contribution in [0.1, 0.15) is 80.1 Å². The summed E-state index contributed by atoms with van der Waals surface area (Å²) < 4.78 is 6.04. The van der Waals surface area contributed by atoms with E-state index in [4.69, 9.17) is 4.74 Å². The average Bonchev–Trinajstić information content (AvgIpc) is 2.77. The maximum Gasteiger partial charge on any atom is 0.312 e. The maximum atomic E-state index is 12.7. The number of rotatable bonds is 6. The fourth-order valence-electron chi connectivity index (χ4n) is 3.26. The van der Waals surface area contributed by atoms with Crippen molar-refractivity contribution in [2.45, 2.75) is 85.7 Å². The molecule has 1 aliphatic rings. The fraction of sp³-hybridized carbons (Fsp3) is 0.941. The molecule has 0 saturated heterocycles. The standard InChI is InChI=1S/C17H32O2/c1-7-17(10-8-9-11-17)19-15(18)16(6,14(4)5)12-13(2)3/h13-14H,7-12H2,1-6H3. The Labute approximate surface area is 119 Å². The van der Waals surface area contributed by atoms with E-state index in [0.29, 0.717) is 11.8 Å². The smallest absolute Gasteiger partial charge is 0.312 e. The minimum Gasteiger partial charge on any atom is -0.459 e. The van der Waals surface area contributed by atoms with E-state index < -0.39 is 0 Å². The second-order valence-corrected chi connectivity index (χ2v) is 7.30. The summed E-state index contributed by atoms with van der Waals surface area (Å²) in [5, 5.41) is 0. The van der Waals surface area contributed by atoms with Gasteiger partial charge >= 0.3 is 5.97 Å². The Morgan fingerprint density at radius 2 is 1.74 bits per heavy atom. The van der Waals surface area contributed by atoms with E-state index in [9.17, 15) is 4.79 Å². The van der Waals surface area contributed by atoms with Crippen molar-refractivity contribution in [3.05, 3.63) is 0 Å². The topological polar surface area (TPSA) is 26.3 Å². The molecule has 19 heavy (non-hydrogen) atoms. The van der Waals surface area contributed by atoms with E-state index in [0.717, 1.165) is 25.7 Å². The predicted octanol–water partition coefficient (Wildman–Crippen LogP) is 4.96. The molecule has 0 aliphatic heterocycles. The number of carbonyl (C=O) groups excluding carboxylic acids is 1. The summed E-state index contributed by atoms with van der Waals surface area (Å²) in [7, 11) is 0. The molecule has 1 saturated carbocycles. The Balaban J connectivity index is 2.82. The van der Waals surface area contributed by atoms with Gasteiger partial charge in [0.15, 0.2) is 0 Å². The van der Waals surface area contributed by atoms with E-state index in [1.54, 1.807) is 0 Å². The van der Waals surface area contributed by atoms with Crippen LogP contribution in [0.5, 0.6) is 0 Å². The van der Waals surface area contributed by atoms with Crippen molar-refractivity contribution in [3.8, 4) is 0 Å². The van der Waals surface area contributed by atoms with Gasteiger partial charge < -0.3 is 4.74 Å². The van der Waals surface area contributed by atoms with E-state index in [2.05, 4.69) is 41.5 Å². The molecule has 2 heteroatoms. The van der Waals surface area contributed by atoms with Crippen LogP contribution in [-0.4, -0.2) is 11.6 Å². The van der Waals surface area contributed by atoms with Crippen LogP contribution in [0.25, 0.3) is 0 Å². The summed E-state index contributed by atoms with van der Waals surface area (Å²) in [6, 6.07) is 0. The first-order valence-electron chi connectivity index (χ1n) is 7.99. The number of hydrogen-bond donors (Lipinski definition) is 0. The van der Waals surface area contributed by atoms with Gasteiger partial charge in [-0.2, -0.15) is 0 Å². The van der Waals surface area contributed by atoms with Crippen molar-refractivity contribution < 1.29 is 9.53 Å². The van der Waals surface area contributed by atoms with Crippen LogP contribution in [-0.2, 0) is 9.53 Å². The van der Waals surface area contributed by atoms with Crippen LogP contribution in [0, 0.1) is 17.3 Å². The number of ether oxygens (including phenoxy) is 1. The van der Waals surface area contributed by atoms with Crippen molar-refractivity contribution in [2.24, 2.45) is 17.3 Å². The van der Waals surface area contributed by atoms with E-state index in [-0.39, 0.29) is 17.0 Å². The van der Waals surface area contributed by atoms with Crippen molar-refractivity contribution in [1.82, 2.24) is 0 Å². The van der Waals surface area contributed by atoms with Crippen LogP contribution < -0.4 is 0 Å². The van der Waals surface area contributed by atoms with Gasteiger partial charge in [-0.1, -0.05) is 34.6 Å². The zero-order chi connectivity index (χ0) is 14.7. The highest BCUT2D eigenvalue weighted by Crippen LogP contribution is 2.41. The van der Waals surface area contributed by atoms with Crippen LogP contribution in [0.3, 0.4) is 0 Å². The predicted molar refractivity (Wildman–Crippen MR) is 80.0 cm³/mol. The van der Waals surface area contributed by atoms with Gasteiger partial charge in [0, 0.05) is 0 Å². The summed E-state index contributed by atoms with van der Waals surface area (Å²) in [5.74, 6) is 0.860. The molecule has 2 nitrogen and oxygen atoms in total. The van der Waals surface area contributed by atoms with Gasteiger partial charge in [-0.05, 0) is 57.3 Å². The van der Waals surface area contributed by atoms with E-state index in [1.165, 1.54) is 12.8 Å². The van der Waals surface area contributed by atoms with Gasteiger partial charge in [0.05, 0.1) is 5.41 Å². The molecule has 1 aliphatic carbocycles. The molecule has 112 valence electrons. The van der Waals surface area contributed by atoms with Gasteiger partial charge in [0.2, 0.25) is 0 Å². The number of carbonyl (C=O) groups is 1. The van der Waals surface area contributed by atoms with Crippen molar-refractivity contribution in [2.75, 3.05) is 0 Å². The van der Waals surface area contributed by atoms with Crippen molar-refractivity contribution in [3.63, 3.8) is 0 Å². The van der Waals surface area contributed by atoms with Crippen molar-refractivity contribution in [1.29, 1.82) is 0 Å². The monoisotopic (exact) mass is 268 g/mol.